The Labute approximate surface area is 185 Å². The predicted molar refractivity (Wildman–Crippen MR) is 124 cm³/mol. The summed E-state index contributed by atoms with van der Waals surface area (Å²) < 4.78 is 27.9. The molecule has 1 fully saturated rings. The van der Waals surface area contributed by atoms with E-state index < -0.39 is 9.84 Å². The normalized spacial score (nSPS) is 18.4. The highest BCUT2D eigenvalue weighted by Gasteiger charge is 2.27. The van der Waals surface area contributed by atoms with Crippen molar-refractivity contribution in [1.82, 2.24) is 19.4 Å². The number of sulfone groups is 1. The number of unbranched alkanes of at least 4 members (excludes halogenated alkanes) is 1. The summed E-state index contributed by atoms with van der Waals surface area (Å²) in [6.45, 7) is 15.8. The van der Waals surface area contributed by atoms with Gasteiger partial charge in [-0.1, -0.05) is 27.2 Å². The van der Waals surface area contributed by atoms with E-state index in [1.807, 2.05) is 4.57 Å². The number of aromatic nitrogens is 2. The van der Waals surface area contributed by atoms with Crippen molar-refractivity contribution in [3.63, 3.8) is 0 Å². The second-order valence-electron chi connectivity index (χ2n) is 9.83. The second kappa shape index (κ2) is 11.6. The summed E-state index contributed by atoms with van der Waals surface area (Å²) in [4.78, 5) is 9.28. The van der Waals surface area contributed by atoms with E-state index in [1.165, 1.54) is 13.0 Å². The van der Waals surface area contributed by atoms with Crippen LogP contribution in [-0.2, 0) is 22.9 Å². The van der Waals surface area contributed by atoms with Gasteiger partial charge in [-0.15, -0.1) is 0 Å². The van der Waals surface area contributed by atoms with Gasteiger partial charge in [-0.25, -0.2) is 13.4 Å². The van der Waals surface area contributed by atoms with Crippen molar-refractivity contribution in [2.45, 2.75) is 91.0 Å². The van der Waals surface area contributed by atoms with E-state index in [0.29, 0.717) is 24.3 Å². The Morgan fingerprint density at radius 1 is 1.23 bits per heavy atom. The van der Waals surface area contributed by atoms with E-state index >= 15 is 0 Å². The molecule has 7 heteroatoms. The van der Waals surface area contributed by atoms with Crippen molar-refractivity contribution < 1.29 is 8.42 Å². The summed E-state index contributed by atoms with van der Waals surface area (Å²) in [5.74, 6) is 1.39. The molecule has 2 rings (SSSR count). The highest BCUT2D eigenvalue weighted by molar-refractivity contribution is 7.91. The van der Waals surface area contributed by atoms with Gasteiger partial charge < -0.3 is 14.4 Å². The van der Waals surface area contributed by atoms with Gasteiger partial charge in [0.15, 0.2) is 0 Å². The van der Waals surface area contributed by atoms with Crippen LogP contribution in [0.5, 0.6) is 0 Å². The van der Waals surface area contributed by atoms with Crippen molar-refractivity contribution in [2.75, 3.05) is 32.4 Å². The SMILES string of the molecule is CCCCn1c(CN(C)CC2CCN(C(C)C)C2)cnc1S(=O)(=O)CCCC(C)C. The molecule has 0 bridgehead atoms. The molecule has 0 N–H and O–H groups in total. The molecule has 1 aromatic rings. The lowest BCUT2D eigenvalue weighted by atomic mass is 10.1. The van der Waals surface area contributed by atoms with Crippen LogP contribution in [0.3, 0.4) is 0 Å². The highest BCUT2D eigenvalue weighted by atomic mass is 32.2. The molecule has 0 spiro atoms. The van der Waals surface area contributed by atoms with Crippen LogP contribution in [0.4, 0.5) is 0 Å². The van der Waals surface area contributed by atoms with Crippen LogP contribution in [0.1, 0.15) is 72.4 Å². The summed E-state index contributed by atoms with van der Waals surface area (Å²) in [6, 6.07) is 0.610. The minimum absolute atomic E-state index is 0.191. The van der Waals surface area contributed by atoms with E-state index in [4.69, 9.17) is 0 Å². The lowest BCUT2D eigenvalue weighted by molar-refractivity contribution is 0.232. The molecule has 1 atom stereocenters. The van der Waals surface area contributed by atoms with E-state index in [9.17, 15) is 8.42 Å². The van der Waals surface area contributed by atoms with Crippen LogP contribution in [0.2, 0.25) is 0 Å². The lowest BCUT2D eigenvalue weighted by Crippen LogP contribution is -2.31. The molecule has 1 aliphatic heterocycles. The molecule has 0 aliphatic carbocycles. The third kappa shape index (κ3) is 7.34. The second-order valence-corrected chi connectivity index (χ2v) is 11.8. The number of nitrogens with zero attached hydrogens (tertiary/aromatic N) is 4. The van der Waals surface area contributed by atoms with Crippen molar-refractivity contribution in [2.24, 2.45) is 11.8 Å². The Morgan fingerprint density at radius 2 is 1.97 bits per heavy atom. The molecular weight excluding hydrogens is 396 g/mol. The Kier molecular flexibility index (Phi) is 9.82. The molecule has 0 radical (unpaired) electrons. The summed E-state index contributed by atoms with van der Waals surface area (Å²) in [5.41, 5.74) is 1.02. The van der Waals surface area contributed by atoms with Crippen molar-refractivity contribution in [3.05, 3.63) is 11.9 Å². The van der Waals surface area contributed by atoms with Crippen LogP contribution < -0.4 is 0 Å². The summed E-state index contributed by atoms with van der Waals surface area (Å²) in [5, 5.41) is 0.273. The van der Waals surface area contributed by atoms with Gasteiger partial charge in [-0.05, 0) is 65.0 Å². The average Bonchev–Trinajstić information content (AvgIpc) is 3.27. The van der Waals surface area contributed by atoms with Crippen molar-refractivity contribution in [3.8, 4) is 0 Å². The molecule has 0 aromatic carbocycles. The first-order valence-corrected chi connectivity index (χ1v) is 13.5. The zero-order chi connectivity index (χ0) is 22.3. The number of imidazole rings is 1. The fraction of sp³-hybridized carbons (Fsp3) is 0.870. The molecule has 6 nitrogen and oxygen atoms in total. The van der Waals surface area contributed by atoms with Crippen LogP contribution in [-0.4, -0.2) is 66.2 Å². The Bertz CT molecular complexity index is 742. The van der Waals surface area contributed by atoms with Gasteiger partial charge in [0.1, 0.15) is 0 Å². The highest BCUT2D eigenvalue weighted by Crippen LogP contribution is 2.21. The minimum Gasteiger partial charge on any atom is -0.318 e. The predicted octanol–water partition coefficient (Wildman–Crippen LogP) is 4.06. The molecule has 0 saturated carbocycles. The first kappa shape index (κ1) is 25.3. The number of hydrogen-bond donors (Lipinski definition) is 0. The number of hydrogen-bond acceptors (Lipinski definition) is 5. The molecule has 30 heavy (non-hydrogen) atoms. The quantitative estimate of drug-likeness (QED) is 0.463. The summed E-state index contributed by atoms with van der Waals surface area (Å²) >= 11 is 0. The van der Waals surface area contributed by atoms with Gasteiger partial charge in [0, 0.05) is 32.2 Å². The molecule has 1 saturated heterocycles. The molecule has 174 valence electrons. The van der Waals surface area contributed by atoms with E-state index in [-0.39, 0.29) is 10.9 Å². The third-order valence-corrected chi connectivity index (χ3v) is 7.87. The van der Waals surface area contributed by atoms with E-state index in [2.05, 4.69) is 56.5 Å². The first-order valence-electron chi connectivity index (χ1n) is 11.8. The topological polar surface area (TPSA) is 58.4 Å². The number of likely N-dealkylation sites (tertiary alicyclic amines) is 1. The van der Waals surface area contributed by atoms with Crippen LogP contribution in [0.15, 0.2) is 11.4 Å². The van der Waals surface area contributed by atoms with Gasteiger partial charge in [-0.2, -0.15) is 0 Å². The summed E-state index contributed by atoms with van der Waals surface area (Å²) in [7, 11) is -1.20. The lowest BCUT2D eigenvalue weighted by Gasteiger charge is -2.23. The van der Waals surface area contributed by atoms with Gasteiger partial charge >= 0.3 is 0 Å². The third-order valence-electron chi connectivity index (χ3n) is 6.16. The Balaban J connectivity index is 2.06. The van der Waals surface area contributed by atoms with Crippen LogP contribution >= 0.6 is 0 Å². The molecular formula is C23H44N4O2S. The molecule has 2 heterocycles. The average molecular weight is 441 g/mol. The van der Waals surface area contributed by atoms with Crippen LogP contribution in [0, 0.1) is 11.8 Å². The van der Waals surface area contributed by atoms with E-state index in [1.54, 1.807) is 6.20 Å². The fourth-order valence-corrected chi connectivity index (χ4v) is 5.84. The monoisotopic (exact) mass is 440 g/mol. The van der Waals surface area contributed by atoms with Crippen molar-refractivity contribution in [1.29, 1.82) is 0 Å². The maximum absolute atomic E-state index is 13.0. The van der Waals surface area contributed by atoms with Gasteiger partial charge in [0.05, 0.1) is 17.6 Å². The maximum atomic E-state index is 13.0. The summed E-state index contributed by atoms with van der Waals surface area (Å²) in [6.07, 6.45) is 6.66. The van der Waals surface area contributed by atoms with Gasteiger partial charge in [-0.3, -0.25) is 0 Å². The Morgan fingerprint density at radius 3 is 2.57 bits per heavy atom. The molecule has 1 unspecified atom stereocenters. The molecule has 0 amide bonds. The maximum Gasteiger partial charge on any atom is 0.227 e. The zero-order valence-corrected chi connectivity index (χ0v) is 20.9. The first-order chi connectivity index (χ1) is 14.1. The van der Waals surface area contributed by atoms with Gasteiger partial charge in [0.25, 0.3) is 0 Å². The molecule has 1 aromatic heterocycles. The van der Waals surface area contributed by atoms with E-state index in [0.717, 1.165) is 51.1 Å². The standard InChI is InChI=1S/C23H44N4O2S/c1-7-8-12-27-22(15-24-23(27)30(28,29)14-9-10-19(2)3)18-25(6)16-21-11-13-26(17-21)20(4)5/h15,19-21H,7-14,16-18H2,1-6H3. The Hall–Kier alpha value is -0.920. The zero-order valence-electron chi connectivity index (χ0n) is 20.1. The van der Waals surface area contributed by atoms with Crippen molar-refractivity contribution >= 4 is 9.84 Å². The molecule has 1 aliphatic rings. The largest absolute Gasteiger partial charge is 0.318 e. The fourth-order valence-electron chi connectivity index (χ4n) is 4.36. The van der Waals surface area contributed by atoms with Gasteiger partial charge in [0.2, 0.25) is 15.0 Å². The smallest absolute Gasteiger partial charge is 0.227 e. The minimum atomic E-state index is -3.34. The van der Waals surface area contributed by atoms with Crippen LogP contribution in [0.25, 0.3) is 0 Å². The number of rotatable bonds is 13.